The van der Waals surface area contributed by atoms with Crippen LogP contribution in [0.2, 0.25) is 0 Å². The average molecular weight is 287 g/mol. The molecule has 2 N–H and O–H groups in total. The number of non-ortho nitro benzene ring substituents is 1. The van der Waals surface area contributed by atoms with Crippen molar-refractivity contribution >= 4 is 17.1 Å². The lowest BCUT2D eigenvalue weighted by molar-refractivity contribution is -0.384. The molecule has 0 aliphatic rings. The van der Waals surface area contributed by atoms with Gasteiger partial charge in [0.05, 0.1) is 17.2 Å². The van der Waals surface area contributed by atoms with E-state index in [4.69, 9.17) is 0 Å². The Balaban J connectivity index is 2.13. The van der Waals surface area contributed by atoms with Gasteiger partial charge in [0, 0.05) is 36.2 Å². The molecule has 0 aliphatic heterocycles. The molecule has 0 fully saturated rings. The van der Waals surface area contributed by atoms with Gasteiger partial charge in [-0.3, -0.25) is 10.1 Å². The molecule has 2 rings (SSSR count). The van der Waals surface area contributed by atoms with E-state index in [0.717, 1.165) is 24.3 Å². The lowest BCUT2D eigenvalue weighted by Gasteiger charge is -2.10. The molecule has 7 heteroatoms. The van der Waals surface area contributed by atoms with Gasteiger partial charge in [-0.15, -0.1) is 0 Å². The number of nitrogens with one attached hydrogen (secondary N) is 2. The third-order valence-electron chi connectivity index (χ3n) is 2.82. The highest BCUT2D eigenvalue weighted by molar-refractivity contribution is 5.63. The number of nitro benzene ring substituents is 1. The zero-order valence-corrected chi connectivity index (χ0v) is 11.7. The van der Waals surface area contributed by atoms with Gasteiger partial charge in [-0.2, -0.15) is 0 Å². The van der Waals surface area contributed by atoms with Crippen molar-refractivity contribution in [3.63, 3.8) is 0 Å². The number of nitro groups is 1. The first-order valence-corrected chi connectivity index (χ1v) is 6.71. The Bertz CT molecular complexity index is 604. The second kappa shape index (κ2) is 7.18. The van der Waals surface area contributed by atoms with Crippen LogP contribution < -0.4 is 10.6 Å². The Morgan fingerprint density at radius 1 is 1.24 bits per heavy atom. The summed E-state index contributed by atoms with van der Waals surface area (Å²) in [5.74, 6) is 0. The van der Waals surface area contributed by atoms with Crippen LogP contribution in [-0.4, -0.2) is 21.4 Å². The summed E-state index contributed by atoms with van der Waals surface area (Å²) in [5, 5.41) is 17.3. The monoisotopic (exact) mass is 287 g/mol. The summed E-state index contributed by atoms with van der Waals surface area (Å²) in [6.45, 7) is 3.29. The van der Waals surface area contributed by atoms with Crippen molar-refractivity contribution in [3.05, 3.63) is 52.6 Å². The van der Waals surface area contributed by atoms with Crippen molar-refractivity contribution in [3.8, 4) is 0 Å². The maximum Gasteiger partial charge on any atom is 0.273 e. The number of nitrogens with zero attached hydrogens (tertiary/aromatic N) is 3. The van der Waals surface area contributed by atoms with E-state index in [0.29, 0.717) is 12.2 Å². The van der Waals surface area contributed by atoms with Gasteiger partial charge >= 0.3 is 0 Å². The Hall–Kier alpha value is -2.70. The van der Waals surface area contributed by atoms with Gasteiger partial charge in [0.15, 0.2) is 0 Å². The Labute approximate surface area is 122 Å². The second-order valence-electron chi connectivity index (χ2n) is 4.51. The van der Waals surface area contributed by atoms with Crippen LogP contribution in [0.3, 0.4) is 0 Å². The number of hydrogen-bond donors (Lipinski definition) is 2. The number of benzene rings is 1. The summed E-state index contributed by atoms with van der Waals surface area (Å²) in [7, 11) is 0. The number of anilines is 2. The molecule has 1 aromatic heterocycles. The van der Waals surface area contributed by atoms with Crippen LogP contribution in [0, 0.1) is 10.1 Å². The number of aromatic nitrogens is 2. The molecule has 0 atom stereocenters. The fourth-order valence-electron chi connectivity index (χ4n) is 1.81. The third-order valence-corrected chi connectivity index (χ3v) is 2.82. The molecular formula is C14H17N5O2. The standard InChI is InChI=1S/C14H17N5O2/c1-2-4-16-12-6-13(8-14(7-12)19(20)21)17-9-11-3-5-15-10-18-11/h3,5-8,10,16-17H,2,4,9H2,1H3. The maximum atomic E-state index is 11.0. The molecule has 0 aliphatic carbocycles. The van der Waals surface area contributed by atoms with Crippen LogP contribution in [0.4, 0.5) is 17.1 Å². The first-order chi connectivity index (χ1) is 10.2. The summed E-state index contributed by atoms with van der Waals surface area (Å²) in [4.78, 5) is 18.5. The SMILES string of the molecule is CCCNc1cc(NCc2ccncn2)cc([N+](=O)[O-])c1. The Morgan fingerprint density at radius 3 is 2.62 bits per heavy atom. The first kappa shape index (κ1) is 14.7. The zero-order valence-electron chi connectivity index (χ0n) is 11.7. The average Bonchev–Trinajstić information content (AvgIpc) is 2.51. The summed E-state index contributed by atoms with van der Waals surface area (Å²) >= 11 is 0. The van der Waals surface area contributed by atoms with E-state index in [-0.39, 0.29) is 5.69 Å². The van der Waals surface area contributed by atoms with Crippen LogP contribution in [0.5, 0.6) is 0 Å². The van der Waals surface area contributed by atoms with E-state index in [1.54, 1.807) is 12.3 Å². The topological polar surface area (TPSA) is 93.0 Å². The van der Waals surface area contributed by atoms with Crippen LogP contribution >= 0.6 is 0 Å². The fraction of sp³-hybridized carbons (Fsp3) is 0.286. The molecule has 7 nitrogen and oxygen atoms in total. The highest BCUT2D eigenvalue weighted by Crippen LogP contribution is 2.24. The zero-order chi connectivity index (χ0) is 15.1. The largest absolute Gasteiger partial charge is 0.385 e. The van der Waals surface area contributed by atoms with E-state index in [9.17, 15) is 10.1 Å². The molecule has 0 unspecified atom stereocenters. The third kappa shape index (κ3) is 4.41. The van der Waals surface area contributed by atoms with E-state index < -0.39 is 4.92 Å². The highest BCUT2D eigenvalue weighted by Gasteiger charge is 2.09. The van der Waals surface area contributed by atoms with Crippen molar-refractivity contribution in [1.82, 2.24) is 9.97 Å². The molecule has 2 aromatic rings. The van der Waals surface area contributed by atoms with E-state index >= 15 is 0 Å². The van der Waals surface area contributed by atoms with Gasteiger partial charge in [-0.05, 0) is 18.6 Å². The minimum absolute atomic E-state index is 0.0568. The second-order valence-corrected chi connectivity index (χ2v) is 4.51. The smallest absolute Gasteiger partial charge is 0.273 e. The van der Waals surface area contributed by atoms with Crippen LogP contribution in [-0.2, 0) is 6.54 Å². The minimum atomic E-state index is -0.396. The molecule has 0 saturated heterocycles. The molecule has 0 radical (unpaired) electrons. The van der Waals surface area contributed by atoms with E-state index in [1.165, 1.54) is 18.5 Å². The van der Waals surface area contributed by atoms with Crippen molar-refractivity contribution in [2.45, 2.75) is 19.9 Å². The molecule has 1 heterocycles. The van der Waals surface area contributed by atoms with Crippen LogP contribution in [0.15, 0.2) is 36.8 Å². The molecule has 0 saturated carbocycles. The highest BCUT2D eigenvalue weighted by atomic mass is 16.6. The van der Waals surface area contributed by atoms with Gasteiger partial charge in [-0.25, -0.2) is 9.97 Å². The van der Waals surface area contributed by atoms with Gasteiger partial charge in [-0.1, -0.05) is 6.92 Å². The molecule has 1 aromatic carbocycles. The van der Waals surface area contributed by atoms with Gasteiger partial charge in [0.1, 0.15) is 6.33 Å². The Kier molecular flexibility index (Phi) is 5.03. The Morgan fingerprint density at radius 2 is 2.00 bits per heavy atom. The quantitative estimate of drug-likeness (QED) is 0.601. The van der Waals surface area contributed by atoms with E-state index in [1.807, 2.05) is 13.0 Å². The predicted molar refractivity (Wildman–Crippen MR) is 81.2 cm³/mol. The number of hydrogen-bond acceptors (Lipinski definition) is 6. The fourth-order valence-corrected chi connectivity index (χ4v) is 1.81. The van der Waals surface area contributed by atoms with Crippen molar-refractivity contribution in [2.75, 3.05) is 17.2 Å². The van der Waals surface area contributed by atoms with Gasteiger partial charge in [0.25, 0.3) is 5.69 Å². The first-order valence-electron chi connectivity index (χ1n) is 6.71. The van der Waals surface area contributed by atoms with Crippen molar-refractivity contribution in [2.24, 2.45) is 0 Å². The molecular weight excluding hydrogens is 270 g/mol. The van der Waals surface area contributed by atoms with E-state index in [2.05, 4.69) is 20.6 Å². The van der Waals surface area contributed by atoms with Crippen LogP contribution in [0.1, 0.15) is 19.0 Å². The molecule has 110 valence electrons. The van der Waals surface area contributed by atoms with Crippen molar-refractivity contribution in [1.29, 1.82) is 0 Å². The summed E-state index contributed by atoms with van der Waals surface area (Å²) in [5.41, 5.74) is 2.29. The number of rotatable bonds is 7. The normalized spacial score (nSPS) is 10.1. The lowest BCUT2D eigenvalue weighted by atomic mass is 10.2. The summed E-state index contributed by atoms with van der Waals surface area (Å²) < 4.78 is 0. The predicted octanol–water partition coefficient (Wildman–Crippen LogP) is 2.82. The minimum Gasteiger partial charge on any atom is -0.385 e. The lowest BCUT2D eigenvalue weighted by Crippen LogP contribution is -2.05. The maximum absolute atomic E-state index is 11.0. The van der Waals surface area contributed by atoms with Gasteiger partial charge in [0.2, 0.25) is 0 Å². The molecule has 0 spiro atoms. The summed E-state index contributed by atoms with van der Waals surface area (Å²) in [6, 6.07) is 6.69. The molecule has 0 bridgehead atoms. The van der Waals surface area contributed by atoms with Gasteiger partial charge < -0.3 is 10.6 Å². The molecule has 0 amide bonds. The van der Waals surface area contributed by atoms with Crippen LogP contribution in [0.25, 0.3) is 0 Å². The van der Waals surface area contributed by atoms with Crippen molar-refractivity contribution < 1.29 is 4.92 Å². The summed E-state index contributed by atoms with van der Waals surface area (Å²) in [6.07, 6.45) is 4.08. The molecule has 21 heavy (non-hydrogen) atoms.